The fraction of sp³-hybridized carbons (Fsp3) is 0.238. The predicted molar refractivity (Wildman–Crippen MR) is 107 cm³/mol. The summed E-state index contributed by atoms with van der Waals surface area (Å²) in [6.07, 6.45) is 1.05. The maximum absolute atomic E-state index is 11.8. The molecule has 0 amide bonds. The monoisotopic (exact) mass is 414 g/mol. The highest BCUT2D eigenvalue weighted by Gasteiger charge is 2.28. The summed E-state index contributed by atoms with van der Waals surface area (Å²) in [5.74, 6) is -4.22. The van der Waals surface area contributed by atoms with Gasteiger partial charge in [-0.05, 0) is 37.1 Å². The van der Waals surface area contributed by atoms with Crippen molar-refractivity contribution in [3.05, 3.63) is 53.6 Å². The lowest BCUT2D eigenvalue weighted by Crippen LogP contribution is -2.32. The van der Waals surface area contributed by atoms with Crippen LogP contribution in [-0.2, 0) is 16.0 Å². The molecule has 0 fully saturated rings. The number of esters is 2. The largest absolute Gasteiger partial charge is 0.504 e. The lowest BCUT2D eigenvalue weighted by molar-refractivity contribution is -0.131. The number of aliphatic hydroxyl groups excluding tert-OH is 1. The SMILES string of the molecule is C[C@@H](Cc1ccc(N)cc1)NC[C@@H](O)c1cc(O)c2c(O)c1OC(=O)/C=C/C(=O)O2. The van der Waals surface area contributed by atoms with Gasteiger partial charge < -0.3 is 35.8 Å². The summed E-state index contributed by atoms with van der Waals surface area (Å²) >= 11 is 0. The van der Waals surface area contributed by atoms with Gasteiger partial charge in [0, 0.05) is 36.0 Å². The third kappa shape index (κ3) is 4.88. The van der Waals surface area contributed by atoms with Crippen molar-refractivity contribution in [2.45, 2.75) is 25.5 Å². The zero-order chi connectivity index (χ0) is 21.8. The number of ether oxygens (including phenoxy) is 2. The Morgan fingerprint density at radius 3 is 2.27 bits per heavy atom. The summed E-state index contributed by atoms with van der Waals surface area (Å²) in [6, 6.07) is 8.48. The van der Waals surface area contributed by atoms with E-state index in [1.54, 1.807) is 12.1 Å². The molecule has 2 bridgehead atoms. The van der Waals surface area contributed by atoms with Crippen LogP contribution in [0.2, 0.25) is 0 Å². The number of carbonyl (C=O) groups is 2. The molecule has 1 aliphatic rings. The molecule has 2 atom stereocenters. The molecule has 0 aliphatic carbocycles. The third-order valence-electron chi connectivity index (χ3n) is 4.52. The standard InChI is InChI=1S/C21H22N2O7/c1-11(8-12-2-4-13(22)5-3-12)23-10-16(25)14-9-15(24)21-19(28)20(14)29-17(26)6-7-18(27)30-21/h2-7,9,11,16,23-25,28H,8,10,22H2,1H3/b7-6+/t11-,16+/m0/s1. The minimum Gasteiger partial charge on any atom is -0.504 e. The molecule has 0 radical (unpaired) electrons. The van der Waals surface area contributed by atoms with Gasteiger partial charge in [-0.2, -0.15) is 0 Å². The zero-order valence-electron chi connectivity index (χ0n) is 16.2. The Morgan fingerprint density at radius 1 is 1.03 bits per heavy atom. The average Bonchev–Trinajstić information content (AvgIpc) is 2.74. The number of benzene rings is 2. The van der Waals surface area contributed by atoms with Gasteiger partial charge >= 0.3 is 11.9 Å². The number of aromatic hydroxyl groups is 2. The van der Waals surface area contributed by atoms with Crippen molar-refractivity contribution in [2.24, 2.45) is 0 Å². The van der Waals surface area contributed by atoms with Gasteiger partial charge in [0.1, 0.15) is 0 Å². The first-order valence-corrected chi connectivity index (χ1v) is 9.21. The molecule has 9 heteroatoms. The number of anilines is 1. The van der Waals surface area contributed by atoms with Crippen molar-refractivity contribution < 1.29 is 34.4 Å². The lowest BCUT2D eigenvalue weighted by atomic mass is 10.0. The van der Waals surface area contributed by atoms with Crippen LogP contribution in [0.1, 0.15) is 24.2 Å². The van der Waals surface area contributed by atoms with Crippen LogP contribution in [0, 0.1) is 0 Å². The van der Waals surface area contributed by atoms with Gasteiger partial charge in [-0.1, -0.05) is 12.1 Å². The number of phenolic OH excluding ortho intramolecular Hbond substituents is 2. The molecular weight excluding hydrogens is 392 g/mol. The van der Waals surface area contributed by atoms with E-state index in [1.807, 2.05) is 19.1 Å². The minimum atomic E-state index is -1.24. The van der Waals surface area contributed by atoms with Crippen LogP contribution in [0.3, 0.4) is 0 Å². The molecule has 1 aliphatic heterocycles. The van der Waals surface area contributed by atoms with E-state index in [0.29, 0.717) is 12.1 Å². The lowest BCUT2D eigenvalue weighted by Gasteiger charge is -2.20. The van der Waals surface area contributed by atoms with Crippen LogP contribution in [-0.4, -0.2) is 39.8 Å². The number of nitrogens with two attached hydrogens (primary N) is 1. The summed E-state index contributed by atoms with van der Waals surface area (Å²) in [5.41, 5.74) is 7.36. The second-order valence-corrected chi connectivity index (χ2v) is 6.94. The molecule has 2 aromatic carbocycles. The molecule has 0 saturated heterocycles. The van der Waals surface area contributed by atoms with Crippen LogP contribution in [0.5, 0.6) is 23.0 Å². The molecule has 6 N–H and O–H groups in total. The van der Waals surface area contributed by atoms with E-state index in [9.17, 15) is 24.9 Å². The molecule has 0 spiro atoms. The Balaban J connectivity index is 1.76. The Bertz CT molecular complexity index is 986. The van der Waals surface area contributed by atoms with Gasteiger partial charge in [0.05, 0.1) is 6.10 Å². The summed E-state index contributed by atoms with van der Waals surface area (Å²) in [7, 11) is 0. The van der Waals surface area contributed by atoms with Gasteiger partial charge in [-0.3, -0.25) is 0 Å². The van der Waals surface area contributed by atoms with Crippen LogP contribution < -0.4 is 20.5 Å². The van der Waals surface area contributed by atoms with E-state index in [4.69, 9.17) is 15.2 Å². The molecule has 158 valence electrons. The number of fused-ring (bicyclic) bond motifs is 2. The van der Waals surface area contributed by atoms with Crippen molar-refractivity contribution >= 4 is 17.6 Å². The van der Waals surface area contributed by atoms with Crippen molar-refractivity contribution in [3.8, 4) is 23.0 Å². The second kappa shape index (κ2) is 8.85. The number of aliphatic hydroxyl groups is 1. The molecular formula is C21H22N2O7. The van der Waals surface area contributed by atoms with Crippen molar-refractivity contribution in [3.63, 3.8) is 0 Å². The molecule has 3 rings (SSSR count). The van der Waals surface area contributed by atoms with Gasteiger partial charge in [0.2, 0.25) is 11.5 Å². The fourth-order valence-corrected chi connectivity index (χ4v) is 3.00. The first-order chi connectivity index (χ1) is 14.2. The van der Waals surface area contributed by atoms with Crippen LogP contribution >= 0.6 is 0 Å². The van der Waals surface area contributed by atoms with E-state index in [1.165, 1.54) is 0 Å². The topological polar surface area (TPSA) is 151 Å². The Morgan fingerprint density at radius 2 is 1.63 bits per heavy atom. The maximum atomic E-state index is 11.8. The molecule has 0 saturated carbocycles. The highest BCUT2D eigenvalue weighted by Crippen LogP contribution is 2.47. The number of rotatable bonds is 6. The van der Waals surface area contributed by atoms with Crippen molar-refractivity contribution in [1.82, 2.24) is 5.32 Å². The molecule has 9 nitrogen and oxygen atoms in total. The number of hydrogen-bond acceptors (Lipinski definition) is 9. The number of hydrogen-bond donors (Lipinski definition) is 5. The van der Waals surface area contributed by atoms with E-state index in [0.717, 1.165) is 23.8 Å². The zero-order valence-corrected chi connectivity index (χ0v) is 16.2. The van der Waals surface area contributed by atoms with E-state index < -0.39 is 41.0 Å². The first-order valence-electron chi connectivity index (χ1n) is 9.21. The van der Waals surface area contributed by atoms with Gasteiger partial charge in [-0.15, -0.1) is 0 Å². The summed E-state index contributed by atoms with van der Waals surface area (Å²) in [6.45, 7) is 1.96. The number of nitrogen functional groups attached to an aromatic ring is 1. The second-order valence-electron chi connectivity index (χ2n) is 6.94. The first kappa shape index (κ1) is 21.2. The van der Waals surface area contributed by atoms with Crippen molar-refractivity contribution in [2.75, 3.05) is 12.3 Å². The highest BCUT2D eigenvalue weighted by atomic mass is 16.6. The van der Waals surface area contributed by atoms with Gasteiger partial charge in [-0.25, -0.2) is 9.59 Å². The maximum Gasteiger partial charge on any atom is 0.336 e. The summed E-state index contributed by atoms with van der Waals surface area (Å²) in [5, 5.41) is 34.2. The molecule has 0 unspecified atom stereocenters. The number of carbonyl (C=O) groups excluding carboxylic acids is 2. The van der Waals surface area contributed by atoms with Crippen LogP contribution in [0.4, 0.5) is 5.69 Å². The van der Waals surface area contributed by atoms with Gasteiger partial charge in [0.25, 0.3) is 0 Å². The van der Waals surface area contributed by atoms with E-state index in [-0.39, 0.29) is 18.2 Å². The Kier molecular flexibility index (Phi) is 6.24. The summed E-state index contributed by atoms with van der Waals surface area (Å²) in [4.78, 5) is 23.5. The van der Waals surface area contributed by atoms with Crippen LogP contribution in [0.15, 0.2) is 42.5 Å². The number of nitrogens with one attached hydrogen (secondary N) is 1. The quantitative estimate of drug-likeness (QED) is 0.268. The Hall–Kier alpha value is -3.56. The third-order valence-corrected chi connectivity index (χ3v) is 4.52. The smallest absolute Gasteiger partial charge is 0.336 e. The van der Waals surface area contributed by atoms with E-state index >= 15 is 0 Å². The highest BCUT2D eigenvalue weighted by molar-refractivity contribution is 5.95. The Labute approximate surface area is 172 Å². The average molecular weight is 414 g/mol. The van der Waals surface area contributed by atoms with E-state index in [2.05, 4.69) is 5.32 Å². The molecule has 0 aromatic heterocycles. The number of phenols is 2. The van der Waals surface area contributed by atoms with Crippen molar-refractivity contribution in [1.29, 1.82) is 0 Å². The molecule has 30 heavy (non-hydrogen) atoms. The fourth-order valence-electron chi connectivity index (χ4n) is 3.00. The summed E-state index contributed by atoms with van der Waals surface area (Å²) < 4.78 is 9.89. The predicted octanol–water partition coefficient (Wildman–Crippen LogP) is 1.31. The molecule has 1 heterocycles. The van der Waals surface area contributed by atoms with Crippen LogP contribution in [0.25, 0.3) is 0 Å². The minimum absolute atomic E-state index is 0.0262. The van der Waals surface area contributed by atoms with Gasteiger partial charge in [0.15, 0.2) is 11.5 Å². The molecule has 2 aromatic rings. The normalized spacial score (nSPS) is 16.5.